The normalized spacial score (nSPS) is 19.7. The molecule has 1 aromatic rings. The molecule has 1 aliphatic heterocycles. The summed E-state index contributed by atoms with van der Waals surface area (Å²) < 4.78 is 1.90. The van der Waals surface area contributed by atoms with Crippen LogP contribution in [0, 0.1) is 6.92 Å². The highest BCUT2D eigenvalue weighted by atomic mass is 15.3. The van der Waals surface area contributed by atoms with E-state index in [1.807, 2.05) is 17.9 Å². The molecule has 100 valence electrons. The minimum atomic E-state index is 0.235. The van der Waals surface area contributed by atoms with Gasteiger partial charge in [-0.15, -0.1) is 0 Å². The highest BCUT2D eigenvalue weighted by Gasteiger charge is 2.29. The van der Waals surface area contributed by atoms with Gasteiger partial charge in [-0.05, 0) is 21.0 Å². The second-order valence-electron chi connectivity index (χ2n) is 5.02. The van der Waals surface area contributed by atoms with E-state index in [2.05, 4.69) is 40.9 Å². The second kappa shape index (κ2) is 4.97. The number of hydrogen-bond acceptors (Lipinski definition) is 5. The van der Waals surface area contributed by atoms with Gasteiger partial charge in [0, 0.05) is 31.4 Å². The van der Waals surface area contributed by atoms with Gasteiger partial charge in [0.15, 0.2) is 5.96 Å². The molecule has 2 N–H and O–H groups in total. The zero-order valence-electron chi connectivity index (χ0n) is 11.6. The van der Waals surface area contributed by atoms with E-state index in [0.29, 0.717) is 5.96 Å². The van der Waals surface area contributed by atoms with Crippen LogP contribution in [0.3, 0.4) is 0 Å². The highest BCUT2D eigenvalue weighted by molar-refractivity contribution is 5.80. The smallest absolute Gasteiger partial charge is 0.191 e. The number of hydrogen-bond donors (Lipinski definition) is 1. The van der Waals surface area contributed by atoms with Crippen LogP contribution in [0.15, 0.2) is 11.2 Å². The van der Waals surface area contributed by atoms with Crippen molar-refractivity contribution < 1.29 is 0 Å². The van der Waals surface area contributed by atoms with Crippen LogP contribution in [-0.2, 0) is 7.05 Å². The quantitative estimate of drug-likeness (QED) is 0.814. The first-order valence-corrected chi connectivity index (χ1v) is 6.20. The Balaban J connectivity index is 2.15. The van der Waals surface area contributed by atoms with E-state index in [1.54, 1.807) is 0 Å². The molecule has 0 aliphatic carbocycles. The van der Waals surface area contributed by atoms with Crippen molar-refractivity contribution in [2.45, 2.75) is 13.0 Å². The third-order valence-electron chi connectivity index (χ3n) is 3.52. The van der Waals surface area contributed by atoms with E-state index in [-0.39, 0.29) is 6.04 Å². The lowest BCUT2D eigenvalue weighted by molar-refractivity contribution is 0.292. The minimum Gasteiger partial charge on any atom is -0.370 e. The van der Waals surface area contributed by atoms with Crippen LogP contribution in [-0.4, -0.2) is 59.3 Å². The number of aliphatic imine (C=N–C) groups is 1. The third kappa shape index (κ3) is 2.33. The van der Waals surface area contributed by atoms with Crippen molar-refractivity contribution in [2.75, 3.05) is 33.7 Å². The number of aryl methyl sites for hydroxylation is 1. The monoisotopic (exact) mass is 250 g/mol. The van der Waals surface area contributed by atoms with Crippen molar-refractivity contribution in [1.29, 1.82) is 0 Å². The van der Waals surface area contributed by atoms with Crippen molar-refractivity contribution in [3.8, 4) is 0 Å². The topological polar surface area (TPSA) is 62.7 Å². The summed E-state index contributed by atoms with van der Waals surface area (Å²) in [4.78, 5) is 8.69. The Morgan fingerprint density at radius 3 is 2.78 bits per heavy atom. The maximum atomic E-state index is 5.98. The van der Waals surface area contributed by atoms with Crippen LogP contribution in [0.1, 0.15) is 17.3 Å². The number of nitrogens with zero attached hydrogens (tertiary/aromatic N) is 5. The molecule has 18 heavy (non-hydrogen) atoms. The Labute approximate surface area is 108 Å². The van der Waals surface area contributed by atoms with Crippen molar-refractivity contribution in [3.63, 3.8) is 0 Å². The summed E-state index contributed by atoms with van der Waals surface area (Å²) in [5.41, 5.74) is 8.38. The molecule has 2 heterocycles. The number of guanidine groups is 1. The summed E-state index contributed by atoms with van der Waals surface area (Å²) in [6.07, 6.45) is 1.93. The zero-order valence-corrected chi connectivity index (χ0v) is 11.6. The predicted molar refractivity (Wildman–Crippen MR) is 72.4 cm³/mol. The van der Waals surface area contributed by atoms with Gasteiger partial charge in [-0.1, -0.05) is 0 Å². The average Bonchev–Trinajstić information content (AvgIpc) is 2.82. The Bertz CT molecular complexity index is 447. The molecule has 1 unspecified atom stereocenters. The standard InChI is InChI=1S/C12H22N6/c1-9-10(7-15-17(9)4)11-8-14-12(13)18(11)6-5-16(2)3/h7,11H,5-6,8H2,1-4H3,(H2,13,14). The zero-order chi connectivity index (χ0) is 13.3. The molecule has 1 aliphatic rings. The van der Waals surface area contributed by atoms with E-state index in [4.69, 9.17) is 5.73 Å². The van der Waals surface area contributed by atoms with E-state index >= 15 is 0 Å². The van der Waals surface area contributed by atoms with Crippen LogP contribution < -0.4 is 5.73 Å². The number of nitrogens with two attached hydrogens (primary N) is 1. The fourth-order valence-electron chi connectivity index (χ4n) is 2.22. The molecular weight excluding hydrogens is 228 g/mol. The molecular formula is C12H22N6. The van der Waals surface area contributed by atoms with Gasteiger partial charge >= 0.3 is 0 Å². The van der Waals surface area contributed by atoms with Crippen molar-refractivity contribution in [1.82, 2.24) is 19.6 Å². The molecule has 0 spiro atoms. The van der Waals surface area contributed by atoms with E-state index in [0.717, 1.165) is 19.6 Å². The Morgan fingerprint density at radius 1 is 1.50 bits per heavy atom. The van der Waals surface area contributed by atoms with Gasteiger partial charge in [0.25, 0.3) is 0 Å². The summed E-state index contributed by atoms with van der Waals surface area (Å²) in [5.74, 6) is 0.644. The molecule has 0 saturated heterocycles. The van der Waals surface area contributed by atoms with Gasteiger partial charge in [0.05, 0.1) is 18.8 Å². The molecule has 6 heteroatoms. The fourth-order valence-corrected chi connectivity index (χ4v) is 2.22. The predicted octanol–water partition coefficient (Wildman–Crippen LogP) is -0.0385. The van der Waals surface area contributed by atoms with Gasteiger partial charge in [-0.3, -0.25) is 9.67 Å². The molecule has 0 amide bonds. The fraction of sp³-hybridized carbons (Fsp3) is 0.667. The highest BCUT2D eigenvalue weighted by Crippen LogP contribution is 2.27. The summed E-state index contributed by atoms with van der Waals surface area (Å²) >= 11 is 0. The number of aromatic nitrogens is 2. The molecule has 0 aromatic carbocycles. The largest absolute Gasteiger partial charge is 0.370 e. The Kier molecular flexibility index (Phi) is 3.56. The molecule has 0 fully saturated rings. The molecule has 0 radical (unpaired) electrons. The van der Waals surface area contributed by atoms with Crippen LogP contribution in [0.5, 0.6) is 0 Å². The van der Waals surface area contributed by atoms with E-state index in [9.17, 15) is 0 Å². The lowest BCUT2D eigenvalue weighted by atomic mass is 10.1. The maximum absolute atomic E-state index is 5.98. The first kappa shape index (κ1) is 12.9. The summed E-state index contributed by atoms with van der Waals surface area (Å²) in [6.45, 7) is 4.67. The summed E-state index contributed by atoms with van der Waals surface area (Å²) in [7, 11) is 6.09. The lowest BCUT2D eigenvalue weighted by Gasteiger charge is -2.27. The van der Waals surface area contributed by atoms with Crippen LogP contribution >= 0.6 is 0 Å². The van der Waals surface area contributed by atoms with E-state index < -0.39 is 0 Å². The first-order valence-electron chi connectivity index (χ1n) is 6.20. The molecule has 0 bridgehead atoms. The van der Waals surface area contributed by atoms with Gasteiger partial charge in [0.2, 0.25) is 0 Å². The third-order valence-corrected chi connectivity index (χ3v) is 3.52. The van der Waals surface area contributed by atoms with Crippen molar-refractivity contribution in [2.24, 2.45) is 17.8 Å². The number of rotatable bonds is 4. The average molecular weight is 250 g/mol. The summed E-state index contributed by atoms with van der Waals surface area (Å²) in [6, 6.07) is 0.235. The molecule has 2 rings (SSSR count). The SMILES string of the molecule is Cc1c(C2CN=C(N)N2CCN(C)C)cnn1C. The van der Waals surface area contributed by atoms with Crippen molar-refractivity contribution in [3.05, 3.63) is 17.5 Å². The van der Waals surface area contributed by atoms with Gasteiger partial charge in [-0.25, -0.2) is 0 Å². The first-order chi connectivity index (χ1) is 8.50. The summed E-state index contributed by atoms with van der Waals surface area (Å²) in [5, 5.41) is 4.30. The van der Waals surface area contributed by atoms with Gasteiger partial charge < -0.3 is 15.5 Å². The minimum absolute atomic E-state index is 0.235. The molecule has 0 saturated carbocycles. The van der Waals surface area contributed by atoms with Crippen LogP contribution in [0.4, 0.5) is 0 Å². The second-order valence-corrected chi connectivity index (χ2v) is 5.02. The molecule has 6 nitrogen and oxygen atoms in total. The van der Waals surface area contributed by atoms with E-state index in [1.165, 1.54) is 11.3 Å². The Hall–Kier alpha value is -1.56. The molecule has 1 aromatic heterocycles. The van der Waals surface area contributed by atoms with Crippen LogP contribution in [0.25, 0.3) is 0 Å². The van der Waals surface area contributed by atoms with Crippen LogP contribution in [0.2, 0.25) is 0 Å². The van der Waals surface area contributed by atoms with Gasteiger partial charge in [0.1, 0.15) is 0 Å². The maximum Gasteiger partial charge on any atom is 0.191 e. The van der Waals surface area contributed by atoms with Crippen molar-refractivity contribution >= 4 is 5.96 Å². The Morgan fingerprint density at radius 2 is 2.22 bits per heavy atom. The lowest BCUT2D eigenvalue weighted by Crippen LogP contribution is -2.40. The molecule has 1 atom stereocenters. The number of likely N-dealkylation sites (N-methyl/N-ethyl adjacent to an activating group) is 1. The van der Waals surface area contributed by atoms with Gasteiger partial charge in [-0.2, -0.15) is 5.10 Å².